The van der Waals surface area contributed by atoms with E-state index in [2.05, 4.69) is 22.6 Å². The second kappa shape index (κ2) is 12.4. The third-order valence-corrected chi connectivity index (χ3v) is 8.43. The quantitative estimate of drug-likeness (QED) is 0.111. The largest absolute Gasteiger partial charge is 0.492 e. The van der Waals surface area contributed by atoms with Gasteiger partial charge in [0, 0.05) is 17.3 Å². The van der Waals surface area contributed by atoms with Crippen LogP contribution in [-0.4, -0.2) is 48.3 Å². The van der Waals surface area contributed by atoms with Crippen LogP contribution in [0.15, 0.2) is 65.9 Å². The molecule has 0 radical (unpaired) electrons. The van der Waals surface area contributed by atoms with Gasteiger partial charge in [-0.2, -0.15) is 13.2 Å². The van der Waals surface area contributed by atoms with Crippen molar-refractivity contribution in [2.24, 2.45) is 5.16 Å². The summed E-state index contributed by atoms with van der Waals surface area (Å²) >= 11 is 11.4. The number of oxime groups is 1. The zero-order chi connectivity index (χ0) is 32.7. The second-order valence-electron chi connectivity index (χ2n) is 11.2. The van der Waals surface area contributed by atoms with Crippen molar-refractivity contribution in [1.82, 2.24) is 9.72 Å². The van der Waals surface area contributed by atoms with Crippen LogP contribution in [0.3, 0.4) is 0 Å². The molecule has 2 aliphatic rings. The number of aldehydes is 1. The zero-order valence-electron chi connectivity index (χ0n) is 24.4. The van der Waals surface area contributed by atoms with Gasteiger partial charge in [-0.1, -0.05) is 46.6 Å². The number of carbonyl (C=O) groups is 1. The lowest BCUT2D eigenvalue weighted by Gasteiger charge is -2.29. The SMILES string of the molecule is CNCCc1ccc2c(c1)B(O)OC2(C)C.O=Cc1ccc(C2=NOC(c3cc(Cl)c(F)c(Cl)c3)(C(F)(F)F)C2)n2cccc12. The molecule has 2 aromatic carbocycles. The van der Waals surface area contributed by atoms with Crippen molar-refractivity contribution < 1.29 is 36.9 Å². The molecule has 0 aliphatic carbocycles. The lowest BCUT2D eigenvalue weighted by Crippen LogP contribution is -2.42. The Morgan fingerprint density at radius 1 is 1.13 bits per heavy atom. The van der Waals surface area contributed by atoms with Crippen LogP contribution in [-0.2, 0) is 27.1 Å². The van der Waals surface area contributed by atoms with Crippen molar-refractivity contribution in [2.75, 3.05) is 13.6 Å². The molecule has 0 amide bonds. The van der Waals surface area contributed by atoms with Crippen LogP contribution in [0, 0.1) is 5.82 Å². The monoisotopic (exact) mass is 663 g/mol. The van der Waals surface area contributed by atoms with Gasteiger partial charge in [-0.3, -0.25) is 4.79 Å². The summed E-state index contributed by atoms with van der Waals surface area (Å²) in [6, 6.07) is 14.2. The molecule has 7 nitrogen and oxygen atoms in total. The summed E-state index contributed by atoms with van der Waals surface area (Å²) in [5, 5.41) is 15.5. The van der Waals surface area contributed by atoms with E-state index in [1.807, 2.05) is 27.0 Å². The topological polar surface area (TPSA) is 84.6 Å². The summed E-state index contributed by atoms with van der Waals surface area (Å²) < 4.78 is 63.1. The molecule has 0 saturated heterocycles. The van der Waals surface area contributed by atoms with Gasteiger partial charge >= 0.3 is 13.3 Å². The van der Waals surface area contributed by atoms with E-state index in [1.54, 1.807) is 22.7 Å². The van der Waals surface area contributed by atoms with Gasteiger partial charge in [0.05, 0.1) is 33.3 Å². The Kier molecular flexibility index (Phi) is 9.09. The van der Waals surface area contributed by atoms with Crippen molar-refractivity contribution in [1.29, 1.82) is 0 Å². The van der Waals surface area contributed by atoms with Gasteiger partial charge in [-0.25, -0.2) is 4.39 Å². The van der Waals surface area contributed by atoms with Gasteiger partial charge in [0.2, 0.25) is 0 Å². The first-order valence-corrected chi connectivity index (χ1v) is 14.6. The van der Waals surface area contributed by atoms with Gasteiger partial charge in [0.1, 0.15) is 5.71 Å². The van der Waals surface area contributed by atoms with Gasteiger partial charge in [0.25, 0.3) is 5.60 Å². The number of hydrogen-bond acceptors (Lipinski definition) is 6. The summed E-state index contributed by atoms with van der Waals surface area (Å²) in [6.07, 6.45) is -2.38. The van der Waals surface area contributed by atoms with Crippen molar-refractivity contribution in [3.63, 3.8) is 0 Å². The van der Waals surface area contributed by atoms with Crippen LogP contribution in [0.25, 0.3) is 5.52 Å². The molecule has 6 rings (SSSR count). The molecule has 4 heterocycles. The van der Waals surface area contributed by atoms with Gasteiger partial charge in [0.15, 0.2) is 12.1 Å². The highest BCUT2D eigenvalue weighted by Gasteiger charge is 2.62. The summed E-state index contributed by atoms with van der Waals surface area (Å²) in [4.78, 5) is 16.1. The maximum atomic E-state index is 14.1. The van der Waals surface area contributed by atoms with E-state index >= 15 is 0 Å². The Bertz CT molecular complexity index is 1770. The maximum Gasteiger partial charge on any atom is 0.492 e. The predicted molar refractivity (Wildman–Crippen MR) is 165 cm³/mol. The molecule has 0 spiro atoms. The van der Waals surface area contributed by atoms with E-state index < -0.39 is 46.7 Å². The van der Waals surface area contributed by atoms with Crippen LogP contribution >= 0.6 is 23.2 Å². The van der Waals surface area contributed by atoms with Crippen LogP contribution in [0.2, 0.25) is 10.0 Å². The fourth-order valence-electron chi connectivity index (χ4n) is 5.52. The van der Waals surface area contributed by atoms with Crippen molar-refractivity contribution in [3.05, 3.63) is 105 Å². The number of alkyl halides is 3. The standard InChI is InChI=1S/C19H10Cl2F4N2O2.C12H18BNO2/c20-12-6-11(7-13(21)17(12)22)18(19(23,24)25)8-14(26-29-18)16-4-3-10(9-28)15-2-1-5-27(15)16;1-12(2)10-5-4-9(6-7-14-3)8-11(10)13(15)16-12/h1-7,9H,8H2;4-5,8,14-15H,6-7H2,1-3H3. The minimum atomic E-state index is -4.90. The van der Waals surface area contributed by atoms with Crippen molar-refractivity contribution >= 4 is 53.3 Å². The molecule has 236 valence electrons. The lowest BCUT2D eigenvalue weighted by atomic mass is 9.77. The summed E-state index contributed by atoms with van der Waals surface area (Å²) in [7, 11) is 1.16. The Balaban J connectivity index is 0.000000211. The van der Waals surface area contributed by atoms with E-state index in [1.165, 1.54) is 17.7 Å². The van der Waals surface area contributed by atoms with Gasteiger partial charge < -0.3 is 24.2 Å². The zero-order valence-corrected chi connectivity index (χ0v) is 25.9. The van der Waals surface area contributed by atoms with Crippen molar-refractivity contribution in [3.8, 4) is 0 Å². The van der Waals surface area contributed by atoms with Gasteiger partial charge in [-0.15, -0.1) is 0 Å². The number of carbonyl (C=O) groups excluding carboxylic acids is 1. The second-order valence-corrected chi connectivity index (χ2v) is 12.0. The van der Waals surface area contributed by atoms with E-state index in [0.29, 0.717) is 23.1 Å². The molecule has 45 heavy (non-hydrogen) atoms. The fraction of sp³-hybridized carbons (Fsp3) is 0.290. The van der Waals surface area contributed by atoms with Crippen LogP contribution in [0.4, 0.5) is 17.6 Å². The average molecular weight is 664 g/mol. The number of pyridine rings is 1. The number of rotatable bonds is 6. The average Bonchev–Trinajstić information content (AvgIpc) is 3.71. The van der Waals surface area contributed by atoms with Crippen LogP contribution in [0.5, 0.6) is 0 Å². The molecular weight excluding hydrogens is 636 g/mol. The fourth-order valence-corrected chi connectivity index (χ4v) is 6.01. The highest BCUT2D eigenvalue weighted by Crippen LogP contribution is 2.50. The minimum Gasteiger partial charge on any atom is -0.423 e. The van der Waals surface area contributed by atoms with E-state index in [0.717, 1.165) is 36.1 Å². The number of fused-ring (bicyclic) bond motifs is 2. The Hall–Kier alpha value is -3.42. The Morgan fingerprint density at radius 2 is 1.84 bits per heavy atom. The number of aromatic nitrogens is 1. The molecule has 0 bridgehead atoms. The first-order chi connectivity index (χ1) is 21.2. The number of halogens is 6. The highest BCUT2D eigenvalue weighted by atomic mass is 35.5. The lowest BCUT2D eigenvalue weighted by molar-refractivity contribution is -0.275. The first-order valence-electron chi connectivity index (χ1n) is 13.9. The summed E-state index contributed by atoms with van der Waals surface area (Å²) in [5.74, 6) is -1.02. The Labute approximate surface area is 266 Å². The molecule has 0 saturated carbocycles. The minimum absolute atomic E-state index is 0.00227. The molecule has 2 aliphatic heterocycles. The van der Waals surface area contributed by atoms with Gasteiger partial charge in [-0.05, 0) is 86.8 Å². The highest BCUT2D eigenvalue weighted by molar-refractivity contribution is 6.62. The van der Waals surface area contributed by atoms with E-state index in [4.69, 9.17) is 32.7 Å². The summed E-state index contributed by atoms with van der Waals surface area (Å²) in [5.41, 5.74) is 0.713. The molecule has 2 N–H and O–H groups in total. The third kappa shape index (κ3) is 6.09. The van der Waals surface area contributed by atoms with E-state index in [9.17, 15) is 27.4 Å². The van der Waals surface area contributed by atoms with Crippen LogP contribution < -0.4 is 10.8 Å². The molecule has 14 heteroatoms. The van der Waals surface area contributed by atoms with Crippen molar-refractivity contribution in [2.45, 2.75) is 44.1 Å². The molecular formula is C31H28BCl2F4N3O4. The Morgan fingerprint density at radius 3 is 2.49 bits per heavy atom. The molecule has 1 unspecified atom stereocenters. The third-order valence-electron chi connectivity index (χ3n) is 7.88. The molecule has 2 aromatic heterocycles. The number of likely N-dealkylation sites (N-methyl/N-ethyl adjacent to an activating group) is 1. The van der Waals surface area contributed by atoms with Crippen LogP contribution in [0.1, 0.15) is 53.0 Å². The number of benzene rings is 2. The summed E-state index contributed by atoms with van der Waals surface area (Å²) in [6.45, 7) is 4.91. The molecule has 4 aromatic rings. The number of nitrogens with zero attached hydrogens (tertiary/aromatic N) is 2. The number of hydrogen-bond donors (Lipinski definition) is 2. The van der Waals surface area contributed by atoms with E-state index in [-0.39, 0.29) is 11.3 Å². The predicted octanol–water partition coefficient (Wildman–Crippen LogP) is 6.18. The maximum absolute atomic E-state index is 14.1. The number of nitrogens with one attached hydrogen (secondary N) is 1. The molecule has 1 atom stereocenters. The molecule has 0 fully saturated rings. The first kappa shape index (κ1) is 33.0. The normalized spacial score (nSPS) is 18.7. The smallest absolute Gasteiger partial charge is 0.423 e.